The third-order valence-electron chi connectivity index (χ3n) is 3.94. The molecule has 1 unspecified atom stereocenters. The molecule has 0 radical (unpaired) electrons. The number of esters is 1. The molecule has 3 heteroatoms. The van der Waals surface area contributed by atoms with Crippen LogP contribution in [0.4, 0.5) is 0 Å². The van der Waals surface area contributed by atoms with Crippen molar-refractivity contribution in [2.75, 3.05) is 6.54 Å². The van der Waals surface area contributed by atoms with Crippen molar-refractivity contribution in [2.24, 2.45) is 11.1 Å². The molecule has 0 heterocycles. The quantitative estimate of drug-likeness (QED) is 0.832. The van der Waals surface area contributed by atoms with Gasteiger partial charge in [0.2, 0.25) is 0 Å². The number of carbonyl (C=O) groups is 1. The van der Waals surface area contributed by atoms with Gasteiger partial charge in [-0.05, 0) is 25.3 Å². The molecule has 1 aromatic carbocycles. The molecule has 1 atom stereocenters. The third-order valence-corrected chi connectivity index (χ3v) is 3.94. The summed E-state index contributed by atoms with van der Waals surface area (Å²) in [5, 5.41) is 0. The Hall–Kier alpha value is -1.35. The van der Waals surface area contributed by atoms with Crippen molar-refractivity contribution in [3.05, 3.63) is 35.9 Å². The van der Waals surface area contributed by atoms with Crippen LogP contribution in [0.1, 0.15) is 44.3 Å². The summed E-state index contributed by atoms with van der Waals surface area (Å²) in [4.78, 5) is 12.3. The minimum Gasteiger partial charge on any atom is -0.457 e. The molecule has 1 aliphatic carbocycles. The summed E-state index contributed by atoms with van der Waals surface area (Å²) in [5.41, 5.74) is 6.38. The van der Waals surface area contributed by atoms with Gasteiger partial charge in [-0.3, -0.25) is 4.79 Å². The fourth-order valence-electron chi connectivity index (χ4n) is 2.62. The first-order valence-electron chi connectivity index (χ1n) is 6.64. The molecule has 98 valence electrons. The largest absolute Gasteiger partial charge is 0.457 e. The van der Waals surface area contributed by atoms with Crippen LogP contribution in [0.2, 0.25) is 0 Å². The predicted molar refractivity (Wildman–Crippen MR) is 70.9 cm³/mol. The van der Waals surface area contributed by atoms with Crippen LogP contribution in [0.3, 0.4) is 0 Å². The summed E-state index contributed by atoms with van der Waals surface area (Å²) in [7, 11) is 0. The van der Waals surface area contributed by atoms with E-state index in [1.807, 2.05) is 37.3 Å². The molecule has 1 aliphatic rings. The van der Waals surface area contributed by atoms with Crippen molar-refractivity contribution in [3.8, 4) is 0 Å². The van der Waals surface area contributed by atoms with Gasteiger partial charge < -0.3 is 10.5 Å². The maximum absolute atomic E-state index is 12.3. The lowest BCUT2D eigenvalue weighted by Gasteiger charge is -2.26. The number of rotatable bonds is 4. The summed E-state index contributed by atoms with van der Waals surface area (Å²) in [5.74, 6) is -0.126. The normalized spacial score (nSPS) is 19.4. The first-order valence-corrected chi connectivity index (χ1v) is 6.64. The van der Waals surface area contributed by atoms with Crippen LogP contribution in [-0.4, -0.2) is 12.5 Å². The minimum absolute atomic E-state index is 0.126. The summed E-state index contributed by atoms with van der Waals surface area (Å²) >= 11 is 0. The zero-order chi connectivity index (χ0) is 13.0. The van der Waals surface area contributed by atoms with E-state index in [1.165, 1.54) is 0 Å². The number of nitrogens with two attached hydrogens (primary N) is 1. The second kappa shape index (κ2) is 5.53. The van der Waals surface area contributed by atoms with E-state index >= 15 is 0 Å². The molecule has 18 heavy (non-hydrogen) atoms. The fraction of sp³-hybridized carbons (Fsp3) is 0.533. The molecule has 0 saturated heterocycles. The first kappa shape index (κ1) is 13.1. The molecule has 0 spiro atoms. The zero-order valence-corrected chi connectivity index (χ0v) is 10.9. The molecular formula is C15H21NO2. The van der Waals surface area contributed by atoms with Crippen molar-refractivity contribution in [1.29, 1.82) is 0 Å². The van der Waals surface area contributed by atoms with Gasteiger partial charge in [0, 0.05) is 6.54 Å². The smallest absolute Gasteiger partial charge is 0.313 e. The lowest BCUT2D eigenvalue weighted by atomic mass is 9.86. The second-order valence-electron chi connectivity index (χ2n) is 5.15. The number of benzene rings is 1. The van der Waals surface area contributed by atoms with Crippen molar-refractivity contribution in [3.63, 3.8) is 0 Å². The average Bonchev–Trinajstić information content (AvgIpc) is 2.89. The molecule has 2 N–H and O–H groups in total. The Morgan fingerprint density at radius 2 is 1.94 bits per heavy atom. The van der Waals surface area contributed by atoms with Crippen molar-refractivity contribution >= 4 is 5.97 Å². The van der Waals surface area contributed by atoms with Gasteiger partial charge >= 0.3 is 5.97 Å². The van der Waals surface area contributed by atoms with Crippen LogP contribution in [0.25, 0.3) is 0 Å². The van der Waals surface area contributed by atoms with E-state index in [4.69, 9.17) is 10.5 Å². The lowest BCUT2D eigenvalue weighted by Crippen LogP contribution is -2.37. The Morgan fingerprint density at radius 3 is 2.50 bits per heavy atom. The Kier molecular flexibility index (Phi) is 4.02. The molecule has 0 aliphatic heterocycles. The molecule has 1 fully saturated rings. The third kappa shape index (κ3) is 2.56. The van der Waals surface area contributed by atoms with Crippen LogP contribution >= 0.6 is 0 Å². The Morgan fingerprint density at radius 1 is 1.33 bits per heavy atom. The summed E-state index contributed by atoms with van der Waals surface area (Å²) < 4.78 is 5.60. The summed E-state index contributed by atoms with van der Waals surface area (Å²) in [6.07, 6.45) is 3.67. The SMILES string of the molecule is CC(OC(=O)C1(CN)CCCC1)c1ccccc1. The highest BCUT2D eigenvalue weighted by Crippen LogP contribution is 2.39. The van der Waals surface area contributed by atoms with Crippen molar-refractivity contribution < 1.29 is 9.53 Å². The molecule has 1 saturated carbocycles. The van der Waals surface area contributed by atoms with E-state index in [0.29, 0.717) is 6.54 Å². The second-order valence-corrected chi connectivity index (χ2v) is 5.15. The standard InChI is InChI=1S/C15H21NO2/c1-12(13-7-3-2-4-8-13)18-14(17)15(11-16)9-5-6-10-15/h2-4,7-8,12H,5-6,9-11,16H2,1H3. The molecule has 3 nitrogen and oxygen atoms in total. The highest BCUT2D eigenvalue weighted by atomic mass is 16.5. The van der Waals surface area contributed by atoms with Crippen molar-refractivity contribution in [2.45, 2.75) is 38.7 Å². The molecular weight excluding hydrogens is 226 g/mol. The van der Waals surface area contributed by atoms with E-state index in [1.54, 1.807) is 0 Å². The minimum atomic E-state index is -0.428. The maximum Gasteiger partial charge on any atom is 0.313 e. The first-order chi connectivity index (χ1) is 8.68. The number of hydrogen-bond donors (Lipinski definition) is 1. The van der Waals surface area contributed by atoms with E-state index in [9.17, 15) is 4.79 Å². The van der Waals surface area contributed by atoms with Gasteiger partial charge in [0.15, 0.2) is 0 Å². The number of ether oxygens (including phenoxy) is 1. The average molecular weight is 247 g/mol. The van der Waals surface area contributed by atoms with Crippen LogP contribution in [0, 0.1) is 5.41 Å². The van der Waals surface area contributed by atoms with Gasteiger partial charge in [-0.15, -0.1) is 0 Å². The molecule has 0 amide bonds. The van der Waals surface area contributed by atoms with Crippen molar-refractivity contribution in [1.82, 2.24) is 0 Å². The Balaban J connectivity index is 2.03. The molecule has 0 aromatic heterocycles. The monoisotopic (exact) mass is 247 g/mol. The molecule has 0 bridgehead atoms. The topological polar surface area (TPSA) is 52.3 Å². The van der Waals surface area contributed by atoms with Gasteiger partial charge in [0.1, 0.15) is 6.10 Å². The predicted octanol–water partition coefficient (Wildman–Crippen LogP) is 2.81. The summed E-state index contributed by atoms with van der Waals surface area (Å²) in [6, 6.07) is 9.81. The van der Waals surface area contributed by atoms with Crippen LogP contribution in [0.5, 0.6) is 0 Å². The van der Waals surface area contributed by atoms with E-state index in [0.717, 1.165) is 31.2 Å². The van der Waals surface area contributed by atoms with E-state index in [-0.39, 0.29) is 12.1 Å². The van der Waals surface area contributed by atoms with Gasteiger partial charge in [-0.1, -0.05) is 43.2 Å². The Labute approximate surface area is 108 Å². The lowest BCUT2D eigenvalue weighted by molar-refractivity contribution is -0.160. The van der Waals surface area contributed by atoms with Crippen LogP contribution < -0.4 is 5.73 Å². The fourth-order valence-corrected chi connectivity index (χ4v) is 2.62. The molecule has 2 rings (SSSR count). The van der Waals surface area contributed by atoms with E-state index in [2.05, 4.69) is 0 Å². The van der Waals surface area contributed by atoms with Crippen LogP contribution in [-0.2, 0) is 9.53 Å². The van der Waals surface area contributed by atoms with Crippen LogP contribution in [0.15, 0.2) is 30.3 Å². The van der Waals surface area contributed by atoms with E-state index < -0.39 is 5.41 Å². The number of hydrogen-bond acceptors (Lipinski definition) is 3. The van der Waals surface area contributed by atoms with Gasteiger partial charge in [0.05, 0.1) is 5.41 Å². The maximum atomic E-state index is 12.3. The van der Waals surface area contributed by atoms with Gasteiger partial charge in [-0.25, -0.2) is 0 Å². The highest BCUT2D eigenvalue weighted by Gasteiger charge is 2.41. The Bertz CT molecular complexity index is 396. The zero-order valence-electron chi connectivity index (χ0n) is 10.9. The number of carbonyl (C=O) groups excluding carboxylic acids is 1. The molecule has 1 aromatic rings. The highest BCUT2D eigenvalue weighted by molar-refractivity contribution is 5.77. The van der Waals surface area contributed by atoms with Gasteiger partial charge in [-0.2, -0.15) is 0 Å². The summed E-state index contributed by atoms with van der Waals surface area (Å²) in [6.45, 7) is 2.31. The van der Waals surface area contributed by atoms with Gasteiger partial charge in [0.25, 0.3) is 0 Å².